The van der Waals surface area contributed by atoms with Gasteiger partial charge in [-0.3, -0.25) is 9.59 Å². The first kappa shape index (κ1) is 17.7. The lowest BCUT2D eigenvalue weighted by molar-refractivity contribution is -0.168. The molecule has 0 aliphatic carbocycles. The second kappa shape index (κ2) is 8.33. The van der Waals surface area contributed by atoms with Crippen LogP contribution >= 0.6 is 11.3 Å². The van der Waals surface area contributed by atoms with Crippen LogP contribution in [0.4, 0.5) is 0 Å². The van der Waals surface area contributed by atoms with Crippen LogP contribution in [0.15, 0.2) is 29.8 Å². The molecule has 1 fully saturated rings. The lowest BCUT2D eigenvalue weighted by Crippen LogP contribution is -2.21. The van der Waals surface area contributed by atoms with Gasteiger partial charge in [-0.1, -0.05) is 24.3 Å². The summed E-state index contributed by atoms with van der Waals surface area (Å²) in [5.41, 5.74) is 3.37. The van der Waals surface area contributed by atoms with Gasteiger partial charge < -0.3 is 14.6 Å². The van der Waals surface area contributed by atoms with Gasteiger partial charge in [0.2, 0.25) is 0 Å². The number of hydrogen-bond donors (Lipinski definition) is 1. The number of nitrogens with zero attached hydrogens (tertiary/aromatic N) is 1. The van der Waals surface area contributed by atoms with Crippen molar-refractivity contribution in [1.82, 2.24) is 4.98 Å². The summed E-state index contributed by atoms with van der Waals surface area (Å²) in [5, 5.41) is 8.88. The number of Topliss-reactive ketones (excluding diaryl/α,β-unsaturated/α-hetero) is 1. The summed E-state index contributed by atoms with van der Waals surface area (Å²) >= 11 is 1.45. The molecule has 1 aromatic carbocycles. The van der Waals surface area contributed by atoms with Crippen LogP contribution in [0.2, 0.25) is 0 Å². The molecule has 1 aliphatic heterocycles. The number of aliphatic carboxylic acids is 1. The molecule has 0 radical (unpaired) electrons. The van der Waals surface area contributed by atoms with Crippen LogP contribution in [0.5, 0.6) is 0 Å². The van der Waals surface area contributed by atoms with Gasteiger partial charge in [0, 0.05) is 17.7 Å². The van der Waals surface area contributed by atoms with Gasteiger partial charge in [-0.25, -0.2) is 4.98 Å². The predicted molar refractivity (Wildman–Crippen MR) is 92.5 cm³/mol. The van der Waals surface area contributed by atoms with Crippen molar-refractivity contribution < 1.29 is 24.2 Å². The lowest BCUT2D eigenvalue weighted by Gasteiger charge is -2.22. The number of rotatable bonds is 7. The number of carboxylic acid groups (broad SMARTS) is 1. The van der Waals surface area contributed by atoms with Crippen molar-refractivity contribution in [3.63, 3.8) is 0 Å². The molecule has 0 saturated carbocycles. The second-order valence-electron chi connectivity index (χ2n) is 5.77. The Balaban J connectivity index is 1.79. The van der Waals surface area contributed by atoms with E-state index in [0.717, 1.165) is 24.1 Å². The summed E-state index contributed by atoms with van der Waals surface area (Å²) in [6.07, 6.45) is 2.29. The van der Waals surface area contributed by atoms with Gasteiger partial charge >= 0.3 is 5.97 Å². The molecule has 1 N–H and O–H groups in total. The number of carbonyl (C=O) groups is 2. The standard InChI is InChI=1S/C18H19NO5S/c20-14(9-16(21)22)12-5-1-2-6-13(12)18-15(25-11-19-18)10-24-17-7-3-4-8-23-17/h1-2,5-6,11,17H,3-4,7-10H2,(H,21,22). The summed E-state index contributed by atoms with van der Waals surface area (Å²) in [7, 11) is 0. The normalized spacial score (nSPS) is 17.4. The molecule has 0 spiro atoms. The quantitative estimate of drug-likeness (QED) is 0.600. The van der Waals surface area contributed by atoms with Gasteiger partial charge in [0.25, 0.3) is 0 Å². The molecule has 1 aliphatic rings. The van der Waals surface area contributed by atoms with E-state index in [1.54, 1.807) is 29.8 Å². The number of ether oxygens (including phenoxy) is 2. The fourth-order valence-electron chi connectivity index (χ4n) is 2.77. The molecule has 6 nitrogen and oxygen atoms in total. The third-order valence-electron chi connectivity index (χ3n) is 3.97. The van der Waals surface area contributed by atoms with Crippen molar-refractivity contribution in [3.8, 4) is 11.3 Å². The fourth-order valence-corrected chi connectivity index (χ4v) is 3.46. The van der Waals surface area contributed by atoms with Crippen molar-refractivity contribution in [2.24, 2.45) is 0 Å². The Labute approximate surface area is 149 Å². The molecule has 7 heteroatoms. The van der Waals surface area contributed by atoms with Gasteiger partial charge in [-0.05, 0) is 19.3 Å². The molecule has 132 valence electrons. The maximum absolute atomic E-state index is 12.2. The lowest BCUT2D eigenvalue weighted by atomic mass is 9.99. The summed E-state index contributed by atoms with van der Waals surface area (Å²) < 4.78 is 11.4. The summed E-state index contributed by atoms with van der Waals surface area (Å²) in [5.74, 6) is -1.57. The predicted octanol–water partition coefficient (Wildman–Crippen LogP) is 3.51. The summed E-state index contributed by atoms with van der Waals surface area (Å²) in [6, 6.07) is 6.94. The number of ketones is 1. The van der Waals surface area contributed by atoms with E-state index in [9.17, 15) is 9.59 Å². The highest BCUT2D eigenvalue weighted by molar-refractivity contribution is 7.10. The van der Waals surface area contributed by atoms with Gasteiger partial charge in [-0.2, -0.15) is 0 Å². The van der Waals surface area contributed by atoms with Crippen molar-refractivity contribution >= 4 is 23.1 Å². The van der Waals surface area contributed by atoms with Crippen LogP contribution < -0.4 is 0 Å². The van der Waals surface area contributed by atoms with Crippen LogP contribution in [-0.2, 0) is 20.9 Å². The smallest absolute Gasteiger partial charge is 0.311 e. The molecule has 1 atom stereocenters. The molecule has 1 unspecified atom stereocenters. The topological polar surface area (TPSA) is 85.7 Å². The van der Waals surface area contributed by atoms with Gasteiger partial charge in [0.15, 0.2) is 12.1 Å². The molecule has 0 amide bonds. The number of benzene rings is 1. The Morgan fingerprint density at radius 3 is 2.92 bits per heavy atom. The van der Waals surface area contributed by atoms with Crippen molar-refractivity contribution in [3.05, 3.63) is 40.2 Å². The number of carboxylic acids is 1. The molecule has 1 saturated heterocycles. The van der Waals surface area contributed by atoms with E-state index in [1.165, 1.54) is 11.3 Å². The van der Waals surface area contributed by atoms with Crippen molar-refractivity contribution in [1.29, 1.82) is 0 Å². The maximum Gasteiger partial charge on any atom is 0.311 e. The largest absolute Gasteiger partial charge is 0.481 e. The first-order valence-corrected chi connectivity index (χ1v) is 9.03. The van der Waals surface area contributed by atoms with E-state index in [0.29, 0.717) is 30.0 Å². The van der Waals surface area contributed by atoms with Crippen LogP contribution in [0, 0.1) is 0 Å². The van der Waals surface area contributed by atoms with Gasteiger partial charge in [0.1, 0.15) is 6.42 Å². The minimum Gasteiger partial charge on any atom is -0.481 e. The van der Waals surface area contributed by atoms with Gasteiger partial charge in [0.05, 0.1) is 22.7 Å². The maximum atomic E-state index is 12.2. The average molecular weight is 361 g/mol. The molecule has 2 aromatic rings. The first-order chi connectivity index (χ1) is 12.1. The highest BCUT2D eigenvalue weighted by atomic mass is 32.1. The van der Waals surface area contributed by atoms with E-state index < -0.39 is 18.2 Å². The highest BCUT2D eigenvalue weighted by Crippen LogP contribution is 2.30. The molecule has 0 bridgehead atoms. The minimum absolute atomic E-state index is 0.201. The monoisotopic (exact) mass is 361 g/mol. The number of aromatic nitrogens is 1. The minimum atomic E-state index is -1.14. The molecule has 2 heterocycles. The molecule has 1 aromatic heterocycles. The fraction of sp³-hybridized carbons (Fsp3) is 0.389. The number of thiazole rings is 1. The molecule has 3 rings (SSSR count). The van der Waals surface area contributed by atoms with Crippen molar-refractivity contribution in [2.75, 3.05) is 6.61 Å². The second-order valence-corrected chi connectivity index (χ2v) is 6.71. The van der Waals surface area contributed by atoms with E-state index in [4.69, 9.17) is 14.6 Å². The third-order valence-corrected chi connectivity index (χ3v) is 4.78. The zero-order valence-corrected chi connectivity index (χ0v) is 14.5. The molecule has 25 heavy (non-hydrogen) atoms. The Hall–Kier alpha value is -2.09. The van der Waals surface area contributed by atoms with E-state index in [1.807, 2.05) is 0 Å². The summed E-state index contributed by atoms with van der Waals surface area (Å²) in [6.45, 7) is 1.07. The first-order valence-electron chi connectivity index (χ1n) is 8.15. The van der Waals surface area contributed by atoms with Crippen LogP contribution in [0.25, 0.3) is 11.3 Å². The Kier molecular flexibility index (Phi) is 5.91. The Morgan fingerprint density at radius 2 is 2.16 bits per heavy atom. The van der Waals surface area contributed by atoms with E-state index >= 15 is 0 Å². The SMILES string of the molecule is O=C(O)CC(=O)c1ccccc1-c1ncsc1COC1CCCCO1. The van der Waals surface area contributed by atoms with E-state index in [-0.39, 0.29) is 6.29 Å². The summed E-state index contributed by atoms with van der Waals surface area (Å²) in [4.78, 5) is 28.4. The number of carbonyl (C=O) groups excluding carboxylic acids is 1. The van der Waals surface area contributed by atoms with Gasteiger partial charge in [-0.15, -0.1) is 11.3 Å². The van der Waals surface area contributed by atoms with Crippen molar-refractivity contribution in [2.45, 2.75) is 38.6 Å². The molecular weight excluding hydrogens is 342 g/mol. The third kappa shape index (κ3) is 4.50. The van der Waals surface area contributed by atoms with Crippen LogP contribution in [0.3, 0.4) is 0 Å². The number of hydrogen-bond acceptors (Lipinski definition) is 6. The molecular formula is C18H19NO5S. The Bertz CT molecular complexity index is 751. The zero-order valence-electron chi connectivity index (χ0n) is 13.6. The van der Waals surface area contributed by atoms with Crippen LogP contribution in [0.1, 0.15) is 40.9 Å². The highest BCUT2D eigenvalue weighted by Gasteiger charge is 2.20. The zero-order chi connectivity index (χ0) is 17.6. The average Bonchev–Trinajstić information content (AvgIpc) is 3.08. The Morgan fingerprint density at radius 1 is 1.32 bits per heavy atom. The van der Waals surface area contributed by atoms with Crippen LogP contribution in [-0.4, -0.2) is 34.7 Å². The van der Waals surface area contributed by atoms with E-state index in [2.05, 4.69) is 4.98 Å².